The molecule has 1 aliphatic carbocycles. The van der Waals surface area contributed by atoms with Crippen LogP contribution in [0.3, 0.4) is 0 Å². The largest absolute Gasteiger partial charge is 0.454 e. The lowest BCUT2D eigenvalue weighted by Gasteiger charge is -2.34. The summed E-state index contributed by atoms with van der Waals surface area (Å²) in [4.78, 5) is 31.7. The van der Waals surface area contributed by atoms with Crippen molar-refractivity contribution in [2.45, 2.75) is 32.2 Å². The summed E-state index contributed by atoms with van der Waals surface area (Å²) in [6.45, 7) is 1.86. The zero-order chi connectivity index (χ0) is 27.7. The Morgan fingerprint density at radius 2 is 1.87 bits per heavy atom. The summed E-state index contributed by atoms with van der Waals surface area (Å²) in [5.41, 5.74) is 6.54. The highest BCUT2D eigenvalue weighted by atomic mass is 19.1. The highest BCUT2D eigenvalue weighted by molar-refractivity contribution is 6.14. The molecule has 0 spiro atoms. The molecular formula is C29H27F2N5O3. The summed E-state index contributed by atoms with van der Waals surface area (Å²) in [5, 5.41) is 4.14. The standard InChI is InChI=1S/C29H27F2N5O3/c1-3-25(18-4-6-20(30)7-5-18)36(28(38)29(11-12-29)27(32)37)21-8-9-26(23(31)14-21)39-22-10-13-33-24(15-22)19-16-34-35(2)17-19/h4-10,13-17,25H,3,11-12H2,1-2H3,(H2,32,37)/t25-/m0/s1. The number of aromatic nitrogens is 3. The normalized spacial score (nSPS) is 14.5. The first-order valence-corrected chi connectivity index (χ1v) is 12.5. The monoisotopic (exact) mass is 531 g/mol. The summed E-state index contributed by atoms with van der Waals surface area (Å²) in [5.74, 6) is -2.03. The first-order chi connectivity index (χ1) is 18.7. The number of primary amides is 1. The summed E-state index contributed by atoms with van der Waals surface area (Å²) in [6.07, 6.45) is 6.09. The Morgan fingerprint density at radius 1 is 1.13 bits per heavy atom. The van der Waals surface area contributed by atoms with Crippen molar-refractivity contribution in [2.75, 3.05) is 4.90 Å². The second kappa shape index (κ2) is 10.3. The third-order valence-electron chi connectivity index (χ3n) is 6.96. The Morgan fingerprint density at radius 3 is 2.46 bits per heavy atom. The minimum atomic E-state index is -1.33. The highest BCUT2D eigenvalue weighted by Gasteiger charge is 2.58. The number of hydrogen-bond acceptors (Lipinski definition) is 5. The molecule has 2 aromatic carbocycles. The second-order valence-corrected chi connectivity index (χ2v) is 9.59. The lowest BCUT2D eigenvalue weighted by atomic mass is 9.97. The molecule has 0 unspecified atom stereocenters. The van der Waals surface area contributed by atoms with Crippen LogP contribution in [-0.2, 0) is 16.6 Å². The molecule has 1 fully saturated rings. The van der Waals surface area contributed by atoms with E-state index in [4.69, 9.17) is 10.5 Å². The predicted molar refractivity (Wildman–Crippen MR) is 141 cm³/mol. The summed E-state index contributed by atoms with van der Waals surface area (Å²) >= 11 is 0. The molecule has 2 heterocycles. The average Bonchev–Trinajstić information content (AvgIpc) is 3.64. The molecular weight excluding hydrogens is 504 g/mol. The van der Waals surface area contributed by atoms with Gasteiger partial charge in [-0.3, -0.25) is 19.3 Å². The van der Waals surface area contributed by atoms with Gasteiger partial charge in [0.15, 0.2) is 11.6 Å². The maximum Gasteiger partial charge on any atom is 0.243 e. The van der Waals surface area contributed by atoms with Gasteiger partial charge in [0.2, 0.25) is 11.8 Å². The molecule has 1 atom stereocenters. The van der Waals surface area contributed by atoms with Crippen molar-refractivity contribution in [2.24, 2.45) is 18.2 Å². The van der Waals surface area contributed by atoms with E-state index in [9.17, 15) is 14.0 Å². The Kier molecular flexibility index (Phi) is 6.86. The molecule has 5 rings (SSSR count). The van der Waals surface area contributed by atoms with Gasteiger partial charge in [-0.05, 0) is 55.2 Å². The Labute approximate surface area is 224 Å². The van der Waals surface area contributed by atoms with E-state index in [-0.39, 0.29) is 11.4 Å². The Hall–Kier alpha value is -4.60. The third-order valence-corrected chi connectivity index (χ3v) is 6.96. The van der Waals surface area contributed by atoms with Gasteiger partial charge in [0.05, 0.1) is 17.9 Å². The van der Waals surface area contributed by atoms with Crippen LogP contribution in [0.2, 0.25) is 0 Å². The van der Waals surface area contributed by atoms with Crippen LogP contribution in [0.25, 0.3) is 11.3 Å². The van der Waals surface area contributed by atoms with Gasteiger partial charge in [-0.1, -0.05) is 19.1 Å². The molecule has 2 N–H and O–H groups in total. The van der Waals surface area contributed by atoms with Gasteiger partial charge < -0.3 is 15.4 Å². The summed E-state index contributed by atoms with van der Waals surface area (Å²) in [7, 11) is 1.79. The van der Waals surface area contributed by atoms with Gasteiger partial charge in [0.1, 0.15) is 17.0 Å². The lowest BCUT2D eigenvalue weighted by molar-refractivity contribution is -0.134. The van der Waals surface area contributed by atoms with Crippen LogP contribution < -0.4 is 15.4 Å². The van der Waals surface area contributed by atoms with Gasteiger partial charge in [-0.2, -0.15) is 5.10 Å². The van der Waals surface area contributed by atoms with E-state index in [2.05, 4.69) is 10.1 Å². The Bertz CT molecular complexity index is 1530. The Balaban J connectivity index is 1.48. The molecule has 0 saturated heterocycles. The molecule has 0 bridgehead atoms. The maximum absolute atomic E-state index is 15.4. The van der Waals surface area contributed by atoms with Crippen molar-refractivity contribution < 1.29 is 23.1 Å². The second-order valence-electron chi connectivity index (χ2n) is 9.59. The van der Waals surface area contributed by atoms with E-state index in [0.717, 1.165) is 5.56 Å². The fourth-order valence-electron chi connectivity index (χ4n) is 4.65. The number of anilines is 1. The van der Waals surface area contributed by atoms with Crippen molar-refractivity contribution in [3.63, 3.8) is 0 Å². The number of nitrogens with zero attached hydrogens (tertiary/aromatic N) is 4. The number of rotatable bonds is 9. The number of aryl methyl sites for hydroxylation is 1. The van der Waals surface area contributed by atoms with Gasteiger partial charge in [0.25, 0.3) is 0 Å². The topological polar surface area (TPSA) is 103 Å². The van der Waals surface area contributed by atoms with E-state index >= 15 is 4.39 Å². The van der Waals surface area contributed by atoms with Crippen LogP contribution in [0, 0.1) is 17.0 Å². The zero-order valence-electron chi connectivity index (χ0n) is 21.5. The molecule has 2 amide bonds. The number of pyridine rings is 1. The van der Waals surface area contributed by atoms with Crippen LogP contribution >= 0.6 is 0 Å². The zero-order valence-corrected chi connectivity index (χ0v) is 21.5. The number of carbonyl (C=O) groups excluding carboxylic acids is 2. The molecule has 39 heavy (non-hydrogen) atoms. The average molecular weight is 532 g/mol. The van der Waals surface area contributed by atoms with E-state index < -0.39 is 34.9 Å². The molecule has 8 nitrogen and oxygen atoms in total. The van der Waals surface area contributed by atoms with Gasteiger partial charge in [-0.15, -0.1) is 0 Å². The van der Waals surface area contributed by atoms with Crippen molar-refractivity contribution in [1.29, 1.82) is 0 Å². The van der Waals surface area contributed by atoms with Crippen molar-refractivity contribution in [3.8, 4) is 22.8 Å². The molecule has 10 heteroatoms. The third kappa shape index (κ3) is 5.09. The van der Waals surface area contributed by atoms with Crippen molar-refractivity contribution in [1.82, 2.24) is 14.8 Å². The number of amides is 2. The number of ether oxygens (including phenoxy) is 1. The molecule has 0 radical (unpaired) electrons. The lowest BCUT2D eigenvalue weighted by Crippen LogP contribution is -2.45. The van der Waals surface area contributed by atoms with Gasteiger partial charge >= 0.3 is 0 Å². The number of hydrogen-bond donors (Lipinski definition) is 1. The SMILES string of the molecule is CC[C@@H](c1ccc(F)cc1)N(C(=O)C1(C(N)=O)CC1)c1ccc(Oc2ccnc(-c3cnn(C)c3)c2)c(F)c1. The minimum Gasteiger partial charge on any atom is -0.454 e. The fourth-order valence-corrected chi connectivity index (χ4v) is 4.65. The molecule has 1 aliphatic rings. The van der Waals surface area contributed by atoms with Crippen molar-refractivity contribution >= 4 is 17.5 Å². The van der Waals surface area contributed by atoms with Crippen LogP contribution in [0.15, 0.2) is 73.2 Å². The van der Waals surface area contributed by atoms with Crippen molar-refractivity contribution in [3.05, 3.63) is 90.4 Å². The molecule has 200 valence electrons. The van der Waals surface area contributed by atoms with Gasteiger partial charge in [-0.25, -0.2) is 8.78 Å². The quantitative estimate of drug-likeness (QED) is 0.295. The molecule has 2 aromatic heterocycles. The minimum absolute atomic E-state index is 0.0552. The predicted octanol–water partition coefficient (Wildman–Crippen LogP) is 5.30. The van der Waals surface area contributed by atoms with E-state index in [1.165, 1.54) is 29.2 Å². The van der Waals surface area contributed by atoms with Crippen LogP contribution in [-0.4, -0.2) is 26.6 Å². The number of benzene rings is 2. The summed E-state index contributed by atoms with van der Waals surface area (Å²) in [6, 6.07) is 12.6. The number of carbonyl (C=O) groups is 2. The molecule has 4 aromatic rings. The number of nitrogens with two attached hydrogens (primary N) is 1. The first kappa shape index (κ1) is 26.0. The first-order valence-electron chi connectivity index (χ1n) is 12.5. The van der Waals surface area contributed by atoms with E-state index in [1.807, 2.05) is 6.92 Å². The van der Waals surface area contributed by atoms with Crippen LogP contribution in [0.1, 0.15) is 37.8 Å². The number of halogens is 2. The maximum atomic E-state index is 15.4. The van der Waals surface area contributed by atoms with Gasteiger partial charge in [0, 0.05) is 42.8 Å². The van der Waals surface area contributed by atoms with Crippen LogP contribution in [0.5, 0.6) is 11.5 Å². The molecule has 0 aliphatic heterocycles. The van der Waals surface area contributed by atoms with Crippen LogP contribution in [0.4, 0.5) is 14.5 Å². The smallest absolute Gasteiger partial charge is 0.243 e. The van der Waals surface area contributed by atoms with E-state index in [1.54, 1.807) is 60.7 Å². The highest BCUT2D eigenvalue weighted by Crippen LogP contribution is 2.49. The summed E-state index contributed by atoms with van der Waals surface area (Å²) < 4.78 is 36.5. The fraction of sp³-hybridized carbons (Fsp3) is 0.241. The molecule has 1 saturated carbocycles. The van der Waals surface area contributed by atoms with E-state index in [0.29, 0.717) is 36.3 Å².